The van der Waals surface area contributed by atoms with Gasteiger partial charge in [0.15, 0.2) is 0 Å². The smallest absolute Gasteiger partial charge is 0.323 e. The summed E-state index contributed by atoms with van der Waals surface area (Å²) in [5, 5.41) is 3.92. The standard InChI is InChI=1S/C9H11N7O/c10-7-13-8(16-5-11-4-12-16)15-9(14-7)17-3-6-1-2-6/h4-6H,1-3H2,(H2,10,13,14,15). The maximum Gasteiger partial charge on any atom is 0.323 e. The SMILES string of the molecule is Nc1nc(OCC2CC2)nc(-n2cncn2)n1. The van der Waals surface area contributed by atoms with Crippen molar-refractivity contribution in [2.24, 2.45) is 5.92 Å². The van der Waals surface area contributed by atoms with Crippen LogP contribution in [0.1, 0.15) is 12.8 Å². The van der Waals surface area contributed by atoms with Gasteiger partial charge in [0.2, 0.25) is 5.95 Å². The monoisotopic (exact) mass is 233 g/mol. The van der Waals surface area contributed by atoms with Crippen molar-refractivity contribution >= 4 is 5.95 Å². The number of nitrogens with two attached hydrogens (primary N) is 1. The molecule has 2 aromatic rings. The van der Waals surface area contributed by atoms with Crippen LogP contribution in [0.25, 0.3) is 5.95 Å². The van der Waals surface area contributed by atoms with Crippen molar-refractivity contribution in [3.05, 3.63) is 12.7 Å². The van der Waals surface area contributed by atoms with Gasteiger partial charge in [0.05, 0.1) is 6.61 Å². The van der Waals surface area contributed by atoms with E-state index >= 15 is 0 Å². The predicted octanol–water partition coefficient (Wildman–Crippen LogP) is -0.177. The third-order valence-electron chi connectivity index (χ3n) is 2.39. The van der Waals surface area contributed by atoms with E-state index in [0.717, 1.165) is 0 Å². The Morgan fingerprint density at radius 1 is 1.35 bits per heavy atom. The molecule has 0 aromatic carbocycles. The van der Waals surface area contributed by atoms with Crippen LogP contribution in [0, 0.1) is 5.92 Å². The molecule has 2 N–H and O–H groups in total. The molecule has 0 atom stereocenters. The van der Waals surface area contributed by atoms with Gasteiger partial charge in [-0.15, -0.1) is 0 Å². The van der Waals surface area contributed by atoms with E-state index < -0.39 is 0 Å². The topological polar surface area (TPSA) is 105 Å². The van der Waals surface area contributed by atoms with E-state index in [4.69, 9.17) is 10.5 Å². The summed E-state index contributed by atoms with van der Waals surface area (Å²) in [6, 6.07) is 0.231. The Balaban J connectivity index is 1.83. The molecule has 0 amide bonds. The first-order valence-corrected chi connectivity index (χ1v) is 5.30. The van der Waals surface area contributed by atoms with Gasteiger partial charge in [0.1, 0.15) is 12.7 Å². The number of hydrogen-bond acceptors (Lipinski definition) is 7. The first-order valence-electron chi connectivity index (χ1n) is 5.30. The highest BCUT2D eigenvalue weighted by atomic mass is 16.5. The first-order chi connectivity index (χ1) is 8.31. The predicted molar refractivity (Wildman–Crippen MR) is 57.4 cm³/mol. The van der Waals surface area contributed by atoms with Crippen molar-refractivity contribution in [1.29, 1.82) is 0 Å². The second-order valence-corrected chi connectivity index (χ2v) is 3.87. The fraction of sp³-hybridized carbons (Fsp3) is 0.444. The lowest BCUT2D eigenvalue weighted by Crippen LogP contribution is -2.10. The van der Waals surface area contributed by atoms with E-state index in [1.807, 2.05) is 0 Å². The van der Waals surface area contributed by atoms with Gasteiger partial charge >= 0.3 is 6.01 Å². The van der Waals surface area contributed by atoms with Gasteiger partial charge < -0.3 is 10.5 Å². The maximum atomic E-state index is 5.58. The average Bonchev–Trinajstić information content (AvgIpc) is 2.98. The van der Waals surface area contributed by atoms with Crippen LogP contribution in [0.3, 0.4) is 0 Å². The van der Waals surface area contributed by atoms with Crippen LogP contribution < -0.4 is 10.5 Å². The molecule has 0 radical (unpaired) electrons. The molecule has 0 saturated heterocycles. The fourth-order valence-electron chi connectivity index (χ4n) is 1.32. The van der Waals surface area contributed by atoms with Crippen LogP contribution in [-0.4, -0.2) is 36.3 Å². The third kappa shape index (κ3) is 2.30. The van der Waals surface area contributed by atoms with Crippen LogP contribution in [0.2, 0.25) is 0 Å². The molecule has 0 aliphatic heterocycles. The highest BCUT2D eigenvalue weighted by molar-refractivity contribution is 5.23. The number of nitrogens with zero attached hydrogens (tertiary/aromatic N) is 6. The Bertz CT molecular complexity index is 508. The lowest BCUT2D eigenvalue weighted by molar-refractivity contribution is 0.275. The minimum absolute atomic E-state index is 0.108. The summed E-state index contributed by atoms with van der Waals surface area (Å²) < 4.78 is 6.85. The second-order valence-electron chi connectivity index (χ2n) is 3.87. The molecule has 8 heteroatoms. The van der Waals surface area contributed by atoms with Crippen LogP contribution in [0.15, 0.2) is 12.7 Å². The molecule has 17 heavy (non-hydrogen) atoms. The minimum Gasteiger partial charge on any atom is -0.463 e. The molecule has 0 unspecified atom stereocenters. The fourth-order valence-corrected chi connectivity index (χ4v) is 1.32. The Morgan fingerprint density at radius 3 is 2.94 bits per heavy atom. The zero-order valence-corrected chi connectivity index (χ0v) is 9.02. The third-order valence-corrected chi connectivity index (χ3v) is 2.39. The van der Waals surface area contributed by atoms with E-state index in [-0.39, 0.29) is 12.0 Å². The molecule has 2 heterocycles. The number of nitrogen functional groups attached to an aromatic ring is 1. The molecular formula is C9H11N7O. The second kappa shape index (κ2) is 3.96. The highest BCUT2D eigenvalue weighted by Crippen LogP contribution is 2.29. The Labute approximate surface area is 96.9 Å². The number of rotatable bonds is 4. The summed E-state index contributed by atoms with van der Waals surface area (Å²) in [4.78, 5) is 15.8. The van der Waals surface area contributed by atoms with Gasteiger partial charge in [-0.05, 0) is 18.8 Å². The van der Waals surface area contributed by atoms with Gasteiger partial charge in [0, 0.05) is 0 Å². The van der Waals surface area contributed by atoms with Crippen LogP contribution >= 0.6 is 0 Å². The zero-order valence-electron chi connectivity index (χ0n) is 9.02. The van der Waals surface area contributed by atoms with E-state index in [2.05, 4.69) is 25.0 Å². The van der Waals surface area contributed by atoms with Gasteiger partial charge in [-0.3, -0.25) is 0 Å². The Hall–Kier alpha value is -2.25. The molecular weight excluding hydrogens is 222 g/mol. The van der Waals surface area contributed by atoms with Crippen molar-refractivity contribution in [3.8, 4) is 12.0 Å². The molecule has 0 spiro atoms. The van der Waals surface area contributed by atoms with Gasteiger partial charge in [0.25, 0.3) is 5.95 Å². The van der Waals surface area contributed by atoms with Crippen molar-refractivity contribution in [1.82, 2.24) is 29.7 Å². The van der Waals surface area contributed by atoms with E-state index in [9.17, 15) is 0 Å². The zero-order chi connectivity index (χ0) is 11.7. The molecule has 8 nitrogen and oxygen atoms in total. The van der Waals surface area contributed by atoms with E-state index in [1.165, 1.54) is 30.2 Å². The van der Waals surface area contributed by atoms with E-state index in [0.29, 0.717) is 18.5 Å². The molecule has 2 aromatic heterocycles. The summed E-state index contributed by atoms with van der Waals surface area (Å²) in [6.07, 6.45) is 5.29. The van der Waals surface area contributed by atoms with Crippen molar-refractivity contribution < 1.29 is 4.74 Å². The Morgan fingerprint density at radius 2 is 2.24 bits per heavy atom. The van der Waals surface area contributed by atoms with Gasteiger partial charge in [-0.1, -0.05) is 0 Å². The average molecular weight is 233 g/mol. The summed E-state index contributed by atoms with van der Waals surface area (Å²) >= 11 is 0. The van der Waals surface area contributed by atoms with Crippen LogP contribution in [-0.2, 0) is 0 Å². The summed E-state index contributed by atoms with van der Waals surface area (Å²) in [5.41, 5.74) is 5.58. The molecule has 3 rings (SSSR count). The lowest BCUT2D eigenvalue weighted by atomic mass is 10.5. The van der Waals surface area contributed by atoms with E-state index in [1.54, 1.807) is 0 Å². The van der Waals surface area contributed by atoms with Crippen LogP contribution in [0.4, 0.5) is 5.95 Å². The van der Waals surface area contributed by atoms with Gasteiger partial charge in [-0.25, -0.2) is 4.98 Å². The Kier molecular flexibility index (Phi) is 2.32. The van der Waals surface area contributed by atoms with Gasteiger partial charge in [-0.2, -0.15) is 24.7 Å². The highest BCUT2D eigenvalue weighted by Gasteiger charge is 2.22. The number of aromatic nitrogens is 6. The first kappa shape index (κ1) is 9.94. The molecule has 1 saturated carbocycles. The van der Waals surface area contributed by atoms with Crippen LogP contribution in [0.5, 0.6) is 6.01 Å². The number of anilines is 1. The lowest BCUT2D eigenvalue weighted by Gasteiger charge is -2.05. The normalized spacial score (nSPS) is 14.8. The molecule has 1 fully saturated rings. The molecule has 0 bridgehead atoms. The maximum absolute atomic E-state index is 5.58. The van der Waals surface area contributed by atoms with Crippen molar-refractivity contribution in [3.63, 3.8) is 0 Å². The number of ether oxygens (including phenoxy) is 1. The molecule has 88 valence electrons. The number of hydrogen-bond donors (Lipinski definition) is 1. The summed E-state index contributed by atoms with van der Waals surface area (Å²) in [6.45, 7) is 0.625. The molecule has 1 aliphatic rings. The summed E-state index contributed by atoms with van der Waals surface area (Å²) in [7, 11) is 0. The van der Waals surface area contributed by atoms with Crippen molar-refractivity contribution in [2.75, 3.05) is 12.3 Å². The molecule has 1 aliphatic carbocycles. The largest absolute Gasteiger partial charge is 0.463 e. The van der Waals surface area contributed by atoms with Crippen molar-refractivity contribution in [2.45, 2.75) is 12.8 Å². The quantitative estimate of drug-likeness (QED) is 0.781. The minimum atomic E-state index is 0.108. The summed E-state index contributed by atoms with van der Waals surface area (Å²) in [5.74, 6) is 1.04.